The van der Waals surface area contributed by atoms with Crippen molar-refractivity contribution in [1.82, 2.24) is 9.62 Å². The Hall–Kier alpha value is -1.61. The molecule has 158 valence electrons. The number of sulfonamides is 1. The number of piperidine rings is 1. The van der Waals surface area contributed by atoms with Crippen molar-refractivity contribution in [2.45, 2.75) is 63.1 Å². The van der Waals surface area contributed by atoms with E-state index in [4.69, 9.17) is 0 Å². The molecule has 28 heavy (non-hydrogen) atoms. The van der Waals surface area contributed by atoms with Crippen LogP contribution in [0.5, 0.6) is 0 Å². The Bertz CT molecular complexity index is 791. The van der Waals surface area contributed by atoms with Gasteiger partial charge in [0.05, 0.1) is 4.90 Å². The van der Waals surface area contributed by atoms with Gasteiger partial charge < -0.3 is 4.90 Å². The van der Waals surface area contributed by atoms with Crippen LogP contribution in [0.15, 0.2) is 29.2 Å². The molecule has 1 aliphatic heterocycles. The van der Waals surface area contributed by atoms with E-state index in [1.54, 1.807) is 45.0 Å². The number of rotatable bonds is 4. The fourth-order valence-electron chi connectivity index (χ4n) is 3.47. The normalized spacial score (nSPS) is 18.2. The number of hydrogen-bond donors (Lipinski definition) is 1. The lowest BCUT2D eigenvalue weighted by Gasteiger charge is -2.35. The largest absolute Gasteiger partial charge is 0.471 e. The van der Waals surface area contributed by atoms with Gasteiger partial charge in [0.15, 0.2) is 0 Å². The van der Waals surface area contributed by atoms with Gasteiger partial charge in [-0.3, -0.25) is 4.79 Å². The number of benzene rings is 1. The Morgan fingerprint density at radius 1 is 1.11 bits per heavy atom. The van der Waals surface area contributed by atoms with E-state index >= 15 is 0 Å². The summed E-state index contributed by atoms with van der Waals surface area (Å²) in [5.74, 6) is -1.59. The number of halogens is 3. The molecule has 1 aliphatic rings. The molecule has 1 atom stereocenters. The van der Waals surface area contributed by atoms with Gasteiger partial charge in [0.1, 0.15) is 0 Å². The Kier molecular flexibility index (Phi) is 6.50. The van der Waals surface area contributed by atoms with Gasteiger partial charge in [-0.25, -0.2) is 13.1 Å². The summed E-state index contributed by atoms with van der Waals surface area (Å²) in [6, 6.07) is 6.58. The molecule has 1 aromatic rings. The van der Waals surface area contributed by atoms with E-state index in [2.05, 4.69) is 4.72 Å². The molecule has 0 saturated carbocycles. The lowest BCUT2D eigenvalue weighted by Crippen LogP contribution is -2.45. The summed E-state index contributed by atoms with van der Waals surface area (Å²) in [5.41, 5.74) is 0.336. The van der Waals surface area contributed by atoms with Crippen LogP contribution in [0.4, 0.5) is 13.2 Å². The highest BCUT2D eigenvalue weighted by Gasteiger charge is 2.43. The van der Waals surface area contributed by atoms with Crippen molar-refractivity contribution in [3.8, 4) is 0 Å². The maximum Gasteiger partial charge on any atom is 0.471 e. The first-order valence-electron chi connectivity index (χ1n) is 9.21. The summed E-state index contributed by atoms with van der Waals surface area (Å²) >= 11 is 0. The van der Waals surface area contributed by atoms with Crippen LogP contribution >= 0.6 is 0 Å². The molecule has 0 bridgehead atoms. The van der Waals surface area contributed by atoms with Crippen molar-refractivity contribution in [2.24, 2.45) is 5.92 Å². The third-order valence-corrected chi connectivity index (χ3v) is 6.71. The number of alkyl halides is 3. The topological polar surface area (TPSA) is 66.5 Å². The second-order valence-electron chi connectivity index (χ2n) is 8.34. The maximum atomic E-state index is 12.5. The SMILES string of the molecule is CC(c1ccc(S(=O)(=O)NC(C)(C)C)cc1)C1CCN(C(=O)C(F)(F)F)CC1. The van der Waals surface area contributed by atoms with Gasteiger partial charge in [-0.2, -0.15) is 13.2 Å². The van der Waals surface area contributed by atoms with Crippen molar-refractivity contribution in [3.05, 3.63) is 29.8 Å². The molecular formula is C19H27F3N2O3S. The molecule has 0 aromatic heterocycles. The van der Waals surface area contributed by atoms with Crippen molar-refractivity contribution in [1.29, 1.82) is 0 Å². The molecule has 1 aromatic carbocycles. The van der Waals surface area contributed by atoms with E-state index in [1.165, 1.54) is 0 Å². The summed E-state index contributed by atoms with van der Waals surface area (Å²) in [6.07, 6.45) is -3.87. The van der Waals surface area contributed by atoms with Crippen LogP contribution in [0.25, 0.3) is 0 Å². The molecule has 1 N–H and O–H groups in total. The van der Waals surface area contributed by atoms with E-state index in [9.17, 15) is 26.4 Å². The van der Waals surface area contributed by atoms with E-state index in [0.717, 1.165) is 10.5 Å². The number of amides is 1. The first-order valence-corrected chi connectivity index (χ1v) is 10.7. The number of carbonyl (C=O) groups excluding carboxylic acids is 1. The number of hydrogen-bond acceptors (Lipinski definition) is 3. The number of nitrogens with one attached hydrogen (secondary N) is 1. The molecule has 5 nitrogen and oxygen atoms in total. The fraction of sp³-hybridized carbons (Fsp3) is 0.632. The zero-order valence-corrected chi connectivity index (χ0v) is 17.3. The molecule has 1 heterocycles. The highest BCUT2D eigenvalue weighted by Crippen LogP contribution is 2.34. The zero-order chi connectivity index (χ0) is 21.3. The van der Waals surface area contributed by atoms with Crippen LogP contribution in [-0.2, 0) is 14.8 Å². The average molecular weight is 420 g/mol. The van der Waals surface area contributed by atoms with Gasteiger partial charge in [0, 0.05) is 18.6 Å². The minimum atomic E-state index is -4.83. The van der Waals surface area contributed by atoms with E-state index in [1.807, 2.05) is 6.92 Å². The maximum absolute atomic E-state index is 12.5. The molecule has 2 rings (SSSR count). The Morgan fingerprint density at radius 3 is 2.04 bits per heavy atom. The minimum absolute atomic E-state index is 0.0514. The van der Waals surface area contributed by atoms with E-state index in [0.29, 0.717) is 12.8 Å². The van der Waals surface area contributed by atoms with Crippen molar-refractivity contribution >= 4 is 15.9 Å². The molecule has 0 spiro atoms. The number of carbonyl (C=O) groups is 1. The van der Waals surface area contributed by atoms with Crippen LogP contribution in [0.1, 0.15) is 52.0 Å². The second kappa shape index (κ2) is 8.02. The molecule has 1 saturated heterocycles. The van der Waals surface area contributed by atoms with Crippen LogP contribution < -0.4 is 4.72 Å². The minimum Gasteiger partial charge on any atom is -0.335 e. The number of likely N-dealkylation sites (tertiary alicyclic amines) is 1. The quantitative estimate of drug-likeness (QED) is 0.808. The van der Waals surface area contributed by atoms with Crippen molar-refractivity contribution in [3.63, 3.8) is 0 Å². The standard InChI is InChI=1S/C19H27F3N2O3S/c1-13(15-9-11-24(12-10-15)17(25)19(20,21)22)14-5-7-16(8-6-14)28(26,27)23-18(2,3)4/h5-8,13,15,23H,9-12H2,1-4H3. The highest BCUT2D eigenvalue weighted by molar-refractivity contribution is 7.89. The van der Waals surface area contributed by atoms with E-state index in [-0.39, 0.29) is 29.8 Å². The van der Waals surface area contributed by atoms with Gasteiger partial charge >= 0.3 is 12.1 Å². The Balaban J connectivity index is 2.03. The molecule has 9 heteroatoms. The van der Waals surface area contributed by atoms with Crippen LogP contribution in [-0.4, -0.2) is 44.0 Å². The average Bonchev–Trinajstić information content (AvgIpc) is 2.58. The first-order chi connectivity index (χ1) is 12.7. The molecule has 1 unspecified atom stereocenters. The molecule has 1 amide bonds. The van der Waals surface area contributed by atoms with Gasteiger partial charge in [0.25, 0.3) is 0 Å². The zero-order valence-electron chi connectivity index (χ0n) is 16.5. The predicted molar refractivity (Wildman–Crippen MR) is 100 cm³/mol. The third kappa shape index (κ3) is 5.70. The molecule has 0 aliphatic carbocycles. The molecular weight excluding hydrogens is 393 g/mol. The van der Waals surface area contributed by atoms with Crippen molar-refractivity contribution in [2.75, 3.05) is 13.1 Å². The second-order valence-corrected chi connectivity index (χ2v) is 10.0. The summed E-state index contributed by atoms with van der Waals surface area (Å²) in [7, 11) is -3.62. The van der Waals surface area contributed by atoms with Gasteiger partial charge in [0.2, 0.25) is 10.0 Å². The van der Waals surface area contributed by atoms with Gasteiger partial charge in [-0.15, -0.1) is 0 Å². The summed E-state index contributed by atoms with van der Waals surface area (Å²) in [6.45, 7) is 7.41. The Morgan fingerprint density at radius 2 is 1.61 bits per heavy atom. The number of nitrogens with zero attached hydrogens (tertiary/aromatic N) is 1. The molecule has 1 fully saturated rings. The van der Waals surface area contributed by atoms with Crippen molar-refractivity contribution < 1.29 is 26.4 Å². The third-order valence-electron chi connectivity index (χ3n) is 4.93. The molecule has 0 radical (unpaired) electrons. The first kappa shape index (κ1) is 22.7. The highest BCUT2D eigenvalue weighted by atomic mass is 32.2. The Labute approximate surface area is 164 Å². The van der Waals surface area contributed by atoms with Crippen LogP contribution in [0.2, 0.25) is 0 Å². The van der Waals surface area contributed by atoms with Gasteiger partial charge in [-0.1, -0.05) is 19.1 Å². The lowest BCUT2D eigenvalue weighted by molar-refractivity contribution is -0.186. The monoisotopic (exact) mass is 420 g/mol. The van der Waals surface area contributed by atoms with E-state index < -0.39 is 27.6 Å². The smallest absolute Gasteiger partial charge is 0.335 e. The summed E-state index contributed by atoms with van der Waals surface area (Å²) in [5, 5.41) is 0. The van der Waals surface area contributed by atoms with Crippen LogP contribution in [0, 0.1) is 5.92 Å². The van der Waals surface area contributed by atoms with Gasteiger partial charge in [-0.05, 0) is 63.1 Å². The predicted octanol–water partition coefficient (Wildman–Crippen LogP) is 3.67. The summed E-state index contributed by atoms with van der Waals surface area (Å²) < 4.78 is 65.0. The lowest BCUT2D eigenvalue weighted by atomic mass is 9.81. The van der Waals surface area contributed by atoms with Crippen LogP contribution in [0.3, 0.4) is 0 Å². The summed E-state index contributed by atoms with van der Waals surface area (Å²) in [4.78, 5) is 12.4. The fourth-order valence-corrected chi connectivity index (χ4v) is 4.88.